The molecule has 2 rings (SSSR count). The fourth-order valence-corrected chi connectivity index (χ4v) is 2.04. The quantitative estimate of drug-likeness (QED) is 0.670. The van der Waals surface area contributed by atoms with E-state index in [9.17, 15) is 4.79 Å². The lowest BCUT2D eigenvalue weighted by atomic mass is 10.3. The number of hydrogen-bond donors (Lipinski definition) is 1. The molecule has 1 saturated heterocycles. The number of hydrogen-bond acceptors (Lipinski definition) is 3. The number of halogens is 1. The molecule has 1 heterocycles. The Morgan fingerprint density at radius 1 is 1.56 bits per heavy atom. The maximum Gasteiger partial charge on any atom is 0.329 e. The predicted octanol–water partition coefficient (Wildman–Crippen LogP) is 3.15. The third-order valence-corrected chi connectivity index (χ3v) is 3.28. The summed E-state index contributed by atoms with van der Waals surface area (Å²) < 4.78 is 6.22. The molecule has 1 aliphatic heterocycles. The van der Waals surface area contributed by atoms with Gasteiger partial charge in [-0.15, -0.1) is 0 Å². The number of nitrogens with one attached hydrogen (secondary N) is 1. The van der Waals surface area contributed by atoms with Crippen molar-refractivity contribution in [3.8, 4) is 0 Å². The van der Waals surface area contributed by atoms with Crippen LogP contribution >= 0.6 is 28.1 Å². The Morgan fingerprint density at radius 3 is 2.78 bits per heavy atom. The average molecular weight is 327 g/mol. The van der Waals surface area contributed by atoms with Crippen molar-refractivity contribution in [3.05, 3.63) is 41.4 Å². The van der Waals surface area contributed by atoms with Crippen molar-refractivity contribution >= 4 is 45.0 Å². The van der Waals surface area contributed by atoms with Gasteiger partial charge in [0.05, 0.1) is 6.54 Å². The van der Waals surface area contributed by atoms with E-state index >= 15 is 0 Å². The zero-order chi connectivity index (χ0) is 13.1. The van der Waals surface area contributed by atoms with Crippen LogP contribution in [0.4, 0.5) is 10.5 Å². The minimum absolute atomic E-state index is 0.175. The van der Waals surface area contributed by atoms with E-state index in [1.807, 2.05) is 12.1 Å². The molecule has 0 aliphatic carbocycles. The van der Waals surface area contributed by atoms with Gasteiger partial charge >= 0.3 is 6.03 Å². The van der Waals surface area contributed by atoms with Crippen LogP contribution in [0.25, 0.3) is 0 Å². The maximum absolute atomic E-state index is 12.0. The largest absolute Gasteiger partial charge is 0.461 e. The number of anilines is 1. The van der Waals surface area contributed by atoms with Crippen LogP contribution < -0.4 is 5.32 Å². The number of amides is 2. The number of benzene rings is 1. The Labute approximate surface area is 119 Å². The van der Waals surface area contributed by atoms with Gasteiger partial charge in [0, 0.05) is 10.2 Å². The fourth-order valence-electron chi connectivity index (χ4n) is 1.50. The molecule has 1 aromatic carbocycles. The van der Waals surface area contributed by atoms with Gasteiger partial charge in [0.25, 0.3) is 5.17 Å². The Balaban J connectivity index is 2.02. The molecule has 1 atom stereocenters. The molecule has 6 heteroatoms. The van der Waals surface area contributed by atoms with Crippen molar-refractivity contribution in [2.75, 3.05) is 11.9 Å². The van der Waals surface area contributed by atoms with Crippen LogP contribution in [-0.4, -0.2) is 28.8 Å². The Hall–Kier alpha value is -1.40. The molecule has 1 N–H and O–H groups in total. The van der Waals surface area contributed by atoms with Crippen molar-refractivity contribution in [2.24, 2.45) is 0 Å². The van der Waals surface area contributed by atoms with E-state index in [-0.39, 0.29) is 17.3 Å². The highest BCUT2D eigenvalue weighted by molar-refractivity contribution is 9.10. The summed E-state index contributed by atoms with van der Waals surface area (Å²) in [7, 11) is 0. The molecule has 18 heavy (non-hydrogen) atoms. The minimum atomic E-state index is -0.299. The number of ether oxygens (including phenoxy) is 1. The van der Waals surface area contributed by atoms with Gasteiger partial charge in [0.15, 0.2) is 0 Å². The molecular formula is C12H11BrN2O2S. The molecule has 1 fully saturated rings. The van der Waals surface area contributed by atoms with E-state index in [1.54, 1.807) is 18.2 Å². The molecule has 1 aromatic rings. The van der Waals surface area contributed by atoms with E-state index in [1.165, 1.54) is 4.90 Å². The van der Waals surface area contributed by atoms with Crippen molar-refractivity contribution in [1.82, 2.24) is 4.90 Å². The smallest absolute Gasteiger partial charge is 0.329 e. The van der Waals surface area contributed by atoms with E-state index < -0.39 is 0 Å². The molecule has 2 amide bonds. The topological polar surface area (TPSA) is 41.6 Å². The van der Waals surface area contributed by atoms with Crippen molar-refractivity contribution in [3.63, 3.8) is 0 Å². The van der Waals surface area contributed by atoms with Gasteiger partial charge in [-0.25, -0.2) is 4.79 Å². The van der Waals surface area contributed by atoms with Crippen LogP contribution in [0.2, 0.25) is 0 Å². The summed E-state index contributed by atoms with van der Waals surface area (Å²) in [5.74, 6) is 0. The first-order valence-corrected chi connectivity index (χ1v) is 6.47. The number of thiocarbonyl (C=S) groups is 1. The van der Waals surface area contributed by atoms with E-state index in [4.69, 9.17) is 17.0 Å². The molecule has 0 radical (unpaired) electrons. The van der Waals surface area contributed by atoms with Crippen LogP contribution in [-0.2, 0) is 4.74 Å². The molecule has 1 aliphatic rings. The van der Waals surface area contributed by atoms with E-state index in [2.05, 4.69) is 27.8 Å². The molecule has 0 aromatic heterocycles. The van der Waals surface area contributed by atoms with Crippen molar-refractivity contribution in [1.29, 1.82) is 0 Å². The lowest BCUT2D eigenvalue weighted by Crippen LogP contribution is -2.35. The zero-order valence-electron chi connectivity index (χ0n) is 9.43. The summed E-state index contributed by atoms with van der Waals surface area (Å²) in [6.45, 7) is 4.01. The average Bonchev–Trinajstić information content (AvgIpc) is 2.73. The Bertz CT molecular complexity index is 489. The van der Waals surface area contributed by atoms with E-state index in [0.717, 1.165) is 4.47 Å². The third-order valence-electron chi connectivity index (χ3n) is 2.44. The van der Waals surface area contributed by atoms with Crippen molar-refractivity contribution in [2.45, 2.75) is 6.10 Å². The number of carbonyl (C=O) groups excluding carboxylic acids is 1. The molecule has 0 spiro atoms. The molecule has 0 bridgehead atoms. The number of carbonyl (C=O) groups is 1. The second-order valence-electron chi connectivity index (χ2n) is 3.71. The highest BCUT2D eigenvalue weighted by Gasteiger charge is 2.30. The second-order valence-corrected chi connectivity index (χ2v) is 4.97. The Kier molecular flexibility index (Phi) is 3.98. The lowest BCUT2D eigenvalue weighted by molar-refractivity contribution is 0.236. The fraction of sp³-hybridized carbons (Fsp3) is 0.167. The summed E-state index contributed by atoms with van der Waals surface area (Å²) in [6, 6.07) is 6.99. The molecule has 0 saturated carbocycles. The van der Waals surface area contributed by atoms with Gasteiger partial charge in [0.2, 0.25) is 0 Å². The maximum atomic E-state index is 12.0. The van der Waals surface area contributed by atoms with Gasteiger partial charge in [-0.3, -0.25) is 4.90 Å². The van der Waals surface area contributed by atoms with Crippen LogP contribution in [0, 0.1) is 0 Å². The highest BCUT2D eigenvalue weighted by Crippen LogP contribution is 2.17. The normalized spacial score (nSPS) is 18.4. The van der Waals surface area contributed by atoms with Gasteiger partial charge in [-0.2, -0.15) is 0 Å². The molecule has 94 valence electrons. The summed E-state index contributed by atoms with van der Waals surface area (Å²) in [5, 5.41) is 2.93. The van der Waals surface area contributed by atoms with Crippen molar-refractivity contribution < 1.29 is 9.53 Å². The molecule has 1 unspecified atom stereocenters. The second kappa shape index (κ2) is 5.49. The summed E-state index contributed by atoms with van der Waals surface area (Å²) >= 11 is 8.31. The van der Waals surface area contributed by atoms with Gasteiger partial charge < -0.3 is 10.1 Å². The highest BCUT2D eigenvalue weighted by atomic mass is 79.9. The first-order valence-electron chi connectivity index (χ1n) is 5.27. The predicted molar refractivity (Wildman–Crippen MR) is 77.5 cm³/mol. The van der Waals surface area contributed by atoms with Gasteiger partial charge in [0.1, 0.15) is 6.10 Å². The van der Waals surface area contributed by atoms with Crippen LogP contribution in [0.15, 0.2) is 41.4 Å². The molecular weight excluding hydrogens is 316 g/mol. The summed E-state index contributed by atoms with van der Waals surface area (Å²) in [6.07, 6.45) is 1.40. The Morgan fingerprint density at radius 2 is 2.22 bits per heavy atom. The summed E-state index contributed by atoms with van der Waals surface area (Å²) in [4.78, 5) is 13.4. The standard InChI is InChI=1S/C12H11BrN2O2S/c1-2-10-7-15(12(18)17-10)11(16)14-9-5-3-8(13)4-6-9/h2-6,10H,1,7H2,(H,14,16). The van der Waals surface area contributed by atoms with Crippen LogP contribution in [0.5, 0.6) is 0 Å². The first kappa shape index (κ1) is 13.0. The monoisotopic (exact) mass is 326 g/mol. The van der Waals surface area contributed by atoms with Gasteiger partial charge in [-0.05, 0) is 42.6 Å². The van der Waals surface area contributed by atoms with Crippen LogP contribution in [0.1, 0.15) is 0 Å². The number of rotatable bonds is 2. The number of nitrogens with zero attached hydrogens (tertiary/aromatic N) is 1. The van der Waals surface area contributed by atoms with Gasteiger partial charge in [-0.1, -0.05) is 22.5 Å². The van der Waals surface area contributed by atoms with Crippen LogP contribution in [0.3, 0.4) is 0 Å². The lowest BCUT2D eigenvalue weighted by Gasteiger charge is -2.13. The summed E-state index contributed by atoms with van der Waals surface area (Å²) in [5.41, 5.74) is 0.702. The molecule has 4 nitrogen and oxygen atoms in total. The first-order chi connectivity index (χ1) is 8.60. The zero-order valence-corrected chi connectivity index (χ0v) is 11.8. The SMILES string of the molecule is C=CC1CN(C(=O)Nc2ccc(Br)cc2)C(=S)O1. The minimum Gasteiger partial charge on any atom is -0.461 e. The number of urea groups is 1. The third kappa shape index (κ3) is 2.88. The van der Waals surface area contributed by atoms with E-state index in [0.29, 0.717) is 12.2 Å².